The number of rotatable bonds is 4. The van der Waals surface area contributed by atoms with Crippen LogP contribution in [0, 0.1) is 0 Å². The summed E-state index contributed by atoms with van der Waals surface area (Å²) in [6.07, 6.45) is 0.606. The van der Waals surface area contributed by atoms with Crippen LogP contribution in [-0.2, 0) is 9.59 Å². The van der Waals surface area contributed by atoms with Crippen molar-refractivity contribution in [3.05, 3.63) is 102 Å². The van der Waals surface area contributed by atoms with Gasteiger partial charge in [-0.15, -0.1) is 0 Å². The van der Waals surface area contributed by atoms with Gasteiger partial charge in [-0.2, -0.15) is 0 Å². The molecule has 0 bridgehead atoms. The number of benzene rings is 3. The van der Waals surface area contributed by atoms with Crippen LogP contribution in [0.2, 0.25) is 0 Å². The van der Waals surface area contributed by atoms with Gasteiger partial charge in [0, 0.05) is 18.8 Å². The van der Waals surface area contributed by atoms with Gasteiger partial charge < -0.3 is 0 Å². The molecule has 0 aromatic heterocycles. The van der Waals surface area contributed by atoms with Crippen LogP contribution < -0.4 is 4.90 Å². The van der Waals surface area contributed by atoms with Crippen molar-refractivity contribution in [1.29, 1.82) is 0 Å². The number of nitrogens with zero attached hydrogens (tertiary/aromatic N) is 1. The lowest BCUT2D eigenvalue weighted by Gasteiger charge is -2.20. The number of hydrogen-bond acceptors (Lipinski definition) is 2. The molecule has 0 atom stereocenters. The Morgan fingerprint density at radius 2 is 1.00 bits per heavy atom. The minimum Gasteiger partial charge on any atom is -0.274 e. The Bertz CT molecular complexity index is 862. The quantitative estimate of drug-likeness (QED) is 0.517. The number of carbonyl (C=O) groups is 2. The molecule has 1 heterocycles. The highest BCUT2D eigenvalue weighted by molar-refractivity contribution is 6.19. The van der Waals surface area contributed by atoms with E-state index in [-0.39, 0.29) is 17.7 Å². The minimum atomic E-state index is -0.120. The van der Waals surface area contributed by atoms with Gasteiger partial charge in [-0.1, -0.05) is 72.8 Å². The fourth-order valence-corrected chi connectivity index (χ4v) is 3.55. The highest BCUT2D eigenvalue weighted by Gasteiger charge is 2.30. The summed E-state index contributed by atoms with van der Waals surface area (Å²) in [7, 11) is 0. The zero-order valence-electron chi connectivity index (χ0n) is 14.3. The molecule has 0 radical (unpaired) electrons. The van der Waals surface area contributed by atoms with E-state index in [0.717, 1.165) is 5.56 Å². The predicted octanol–water partition coefficient (Wildman–Crippen LogP) is 4.52. The summed E-state index contributed by atoms with van der Waals surface area (Å²) in [5.41, 5.74) is 4.20. The SMILES string of the molecule is O=C1CCC(=O)N1c1ccc(C(c2ccccc2)c2ccccc2)cc1. The van der Waals surface area contributed by atoms with Crippen LogP contribution in [0.1, 0.15) is 35.4 Å². The van der Waals surface area contributed by atoms with Crippen LogP contribution in [0.5, 0.6) is 0 Å². The molecule has 3 heteroatoms. The first-order chi connectivity index (χ1) is 12.7. The highest BCUT2D eigenvalue weighted by Crippen LogP contribution is 2.33. The van der Waals surface area contributed by atoms with Gasteiger partial charge in [-0.05, 0) is 28.8 Å². The van der Waals surface area contributed by atoms with Crippen LogP contribution in [0.15, 0.2) is 84.9 Å². The molecule has 1 saturated heterocycles. The predicted molar refractivity (Wildman–Crippen MR) is 102 cm³/mol. The fourth-order valence-electron chi connectivity index (χ4n) is 3.55. The van der Waals surface area contributed by atoms with E-state index in [9.17, 15) is 9.59 Å². The molecular formula is C23H19NO2. The maximum atomic E-state index is 12.0. The zero-order valence-corrected chi connectivity index (χ0v) is 14.3. The number of hydrogen-bond donors (Lipinski definition) is 0. The summed E-state index contributed by atoms with van der Waals surface area (Å²) in [6.45, 7) is 0. The van der Waals surface area contributed by atoms with Crippen molar-refractivity contribution in [2.24, 2.45) is 0 Å². The van der Waals surface area contributed by atoms with Crippen LogP contribution in [0.4, 0.5) is 5.69 Å². The van der Waals surface area contributed by atoms with Gasteiger partial charge in [0.1, 0.15) is 0 Å². The number of imide groups is 1. The van der Waals surface area contributed by atoms with Crippen molar-refractivity contribution in [1.82, 2.24) is 0 Å². The molecule has 4 rings (SSSR count). The van der Waals surface area contributed by atoms with E-state index in [1.807, 2.05) is 60.7 Å². The molecule has 3 nitrogen and oxygen atoms in total. The lowest BCUT2D eigenvalue weighted by Crippen LogP contribution is -2.28. The molecule has 0 spiro atoms. The van der Waals surface area contributed by atoms with Crippen LogP contribution in [-0.4, -0.2) is 11.8 Å². The summed E-state index contributed by atoms with van der Waals surface area (Å²) >= 11 is 0. The van der Waals surface area contributed by atoms with E-state index >= 15 is 0 Å². The number of anilines is 1. The molecule has 0 N–H and O–H groups in total. The van der Waals surface area contributed by atoms with Gasteiger partial charge in [0.25, 0.3) is 0 Å². The summed E-state index contributed by atoms with van der Waals surface area (Å²) in [5, 5.41) is 0. The molecular weight excluding hydrogens is 322 g/mol. The zero-order chi connectivity index (χ0) is 17.9. The van der Waals surface area contributed by atoms with Crippen molar-refractivity contribution < 1.29 is 9.59 Å². The summed E-state index contributed by atoms with van der Waals surface area (Å²) < 4.78 is 0. The fraction of sp³-hybridized carbons (Fsp3) is 0.130. The largest absolute Gasteiger partial charge is 0.274 e. The number of carbonyl (C=O) groups excluding carboxylic acids is 2. The third-order valence-electron chi connectivity index (χ3n) is 4.80. The standard InChI is InChI=1S/C23H19NO2/c25-21-15-16-22(26)24(21)20-13-11-19(12-14-20)23(17-7-3-1-4-8-17)18-9-5-2-6-10-18/h1-14,23H,15-16H2. The third-order valence-corrected chi connectivity index (χ3v) is 4.80. The van der Waals surface area contributed by atoms with Crippen molar-refractivity contribution in [3.63, 3.8) is 0 Å². The minimum absolute atomic E-state index is 0.108. The van der Waals surface area contributed by atoms with E-state index in [4.69, 9.17) is 0 Å². The Balaban J connectivity index is 1.73. The van der Waals surface area contributed by atoms with E-state index in [1.54, 1.807) is 0 Å². The monoisotopic (exact) mass is 341 g/mol. The molecule has 0 unspecified atom stereocenters. The average molecular weight is 341 g/mol. The maximum Gasteiger partial charge on any atom is 0.234 e. The third kappa shape index (κ3) is 3.04. The molecule has 0 aliphatic carbocycles. The van der Waals surface area contributed by atoms with Gasteiger partial charge in [-0.3, -0.25) is 14.5 Å². The molecule has 1 aliphatic rings. The Morgan fingerprint density at radius 1 is 0.577 bits per heavy atom. The smallest absolute Gasteiger partial charge is 0.234 e. The van der Waals surface area contributed by atoms with Crippen molar-refractivity contribution in [2.45, 2.75) is 18.8 Å². The van der Waals surface area contributed by atoms with Crippen LogP contribution in [0.3, 0.4) is 0 Å². The van der Waals surface area contributed by atoms with E-state index in [0.29, 0.717) is 18.5 Å². The van der Waals surface area contributed by atoms with Crippen LogP contribution in [0.25, 0.3) is 0 Å². The van der Waals surface area contributed by atoms with Crippen LogP contribution >= 0.6 is 0 Å². The lowest BCUT2D eigenvalue weighted by molar-refractivity contribution is -0.121. The Labute approximate surface area is 152 Å². The first-order valence-corrected chi connectivity index (χ1v) is 8.79. The maximum absolute atomic E-state index is 12.0. The molecule has 1 fully saturated rings. The summed E-state index contributed by atoms with van der Waals surface area (Å²) in [6, 6.07) is 28.5. The van der Waals surface area contributed by atoms with Crippen molar-refractivity contribution >= 4 is 17.5 Å². The van der Waals surface area contributed by atoms with Gasteiger partial charge in [0.05, 0.1) is 5.69 Å². The second-order valence-corrected chi connectivity index (χ2v) is 6.47. The second kappa shape index (κ2) is 6.96. The Kier molecular flexibility index (Phi) is 4.36. The van der Waals surface area contributed by atoms with Gasteiger partial charge in [0.15, 0.2) is 0 Å². The Hall–Kier alpha value is -3.20. The second-order valence-electron chi connectivity index (χ2n) is 6.47. The highest BCUT2D eigenvalue weighted by atomic mass is 16.2. The van der Waals surface area contributed by atoms with Gasteiger partial charge in [0.2, 0.25) is 11.8 Å². The normalized spacial score (nSPS) is 14.3. The van der Waals surface area contributed by atoms with E-state index < -0.39 is 0 Å². The first kappa shape index (κ1) is 16.3. The first-order valence-electron chi connectivity index (χ1n) is 8.79. The molecule has 3 aromatic rings. The summed E-state index contributed by atoms with van der Waals surface area (Å²) in [4.78, 5) is 25.2. The lowest BCUT2D eigenvalue weighted by atomic mass is 9.85. The molecule has 2 amide bonds. The summed E-state index contributed by atoms with van der Waals surface area (Å²) in [5.74, 6) is -0.132. The van der Waals surface area contributed by atoms with E-state index in [1.165, 1.54) is 16.0 Å². The topological polar surface area (TPSA) is 37.4 Å². The molecule has 128 valence electrons. The average Bonchev–Trinajstić information content (AvgIpc) is 3.03. The van der Waals surface area contributed by atoms with E-state index in [2.05, 4.69) is 24.3 Å². The molecule has 26 heavy (non-hydrogen) atoms. The Morgan fingerprint density at radius 3 is 1.46 bits per heavy atom. The number of amides is 2. The van der Waals surface area contributed by atoms with Crippen molar-refractivity contribution in [2.75, 3.05) is 4.90 Å². The molecule has 0 saturated carbocycles. The van der Waals surface area contributed by atoms with Gasteiger partial charge in [-0.25, -0.2) is 0 Å². The van der Waals surface area contributed by atoms with Crippen molar-refractivity contribution in [3.8, 4) is 0 Å². The molecule has 3 aromatic carbocycles. The molecule has 1 aliphatic heterocycles. The van der Waals surface area contributed by atoms with Gasteiger partial charge >= 0.3 is 0 Å².